The molecule has 0 atom stereocenters. The third-order valence-electron chi connectivity index (χ3n) is 3.95. The van der Waals surface area contributed by atoms with Crippen LogP contribution < -0.4 is 10.6 Å². The molecule has 2 rings (SSSR count). The van der Waals surface area contributed by atoms with Gasteiger partial charge in [-0.15, -0.1) is 0 Å². The molecule has 2 N–H and O–H groups in total. The molecule has 20 heavy (non-hydrogen) atoms. The van der Waals surface area contributed by atoms with Gasteiger partial charge in [0.1, 0.15) is 0 Å². The number of unbranched alkanes of at least 4 members (excludes halogenated alkanes) is 1. The van der Waals surface area contributed by atoms with E-state index in [2.05, 4.69) is 24.8 Å². The zero-order valence-electron chi connectivity index (χ0n) is 12.6. The first-order valence-electron chi connectivity index (χ1n) is 7.50. The SMILES string of the molecule is CCCCC(=O)N1CCN(c2cc(N)ccc2C)CC1. The van der Waals surface area contributed by atoms with Crippen molar-refractivity contribution in [1.29, 1.82) is 0 Å². The summed E-state index contributed by atoms with van der Waals surface area (Å²) in [6.07, 6.45) is 2.76. The molecule has 1 fully saturated rings. The van der Waals surface area contributed by atoms with E-state index < -0.39 is 0 Å². The zero-order chi connectivity index (χ0) is 14.5. The molecule has 4 heteroatoms. The second-order valence-electron chi connectivity index (χ2n) is 5.52. The lowest BCUT2D eigenvalue weighted by atomic mass is 10.1. The summed E-state index contributed by atoms with van der Waals surface area (Å²) in [5.74, 6) is 0.302. The lowest BCUT2D eigenvalue weighted by Gasteiger charge is -2.37. The van der Waals surface area contributed by atoms with Gasteiger partial charge < -0.3 is 15.5 Å². The normalized spacial score (nSPS) is 15.5. The van der Waals surface area contributed by atoms with Gasteiger partial charge >= 0.3 is 0 Å². The molecule has 1 aliphatic heterocycles. The van der Waals surface area contributed by atoms with E-state index in [4.69, 9.17) is 5.73 Å². The van der Waals surface area contributed by atoms with E-state index >= 15 is 0 Å². The van der Waals surface area contributed by atoms with Gasteiger partial charge in [-0.3, -0.25) is 4.79 Å². The average molecular weight is 275 g/mol. The lowest BCUT2D eigenvalue weighted by Crippen LogP contribution is -2.49. The smallest absolute Gasteiger partial charge is 0.222 e. The topological polar surface area (TPSA) is 49.6 Å². The standard InChI is InChI=1S/C16H25N3O/c1-3-4-5-16(20)19-10-8-18(9-11-19)15-12-14(17)7-6-13(15)2/h6-7,12H,3-5,8-11,17H2,1-2H3. The predicted octanol–water partition coefficient (Wildman–Crippen LogP) is 2.42. The molecule has 0 bridgehead atoms. The van der Waals surface area contributed by atoms with Crippen LogP contribution in [0.1, 0.15) is 31.7 Å². The van der Waals surface area contributed by atoms with Crippen LogP contribution in [0, 0.1) is 6.92 Å². The molecular weight excluding hydrogens is 250 g/mol. The van der Waals surface area contributed by atoms with E-state index in [1.165, 1.54) is 11.3 Å². The number of benzene rings is 1. The molecule has 1 heterocycles. The van der Waals surface area contributed by atoms with E-state index in [1.807, 2.05) is 17.0 Å². The van der Waals surface area contributed by atoms with Gasteiger partial charge in [0.2, 0.25) is 5.91 Å². The molecule has 4 nitrogen and oxygen atoms in total. The average Bonchev–Trinajstić information content (AvgIpc) is 2.47. The van der Waals surface area contributed by atoms with Gasteiger partial charge in [-0.25, -0.2) is 0 Å². The second kappa shape index (κ2) is 6.64. The molecule has 0 saturated carbocycles. The summed E-state index contributed by atoms with van der Waals surface area (Å²) >= 11 is 0. The highest BCUT2D eigenvalue weighted by molar-refractivity contribution is 5.76. The molecule has 1 aromatic carbocycles. The summed E-state index contributed by atoms with van der Waals surface area (Å²) in [4.78, 5) is 16.3. The molecule has 110 valence electrons. The maximum Gasteiger partial charge on any atom is 0.222 e. The molecule has 1 aromatic rings. The van der Waals surface area contributed by atoms with Crippen LogP contribution in [-0.2, 0) is 4.79 Å². The van der Waals surface area contributed by atoms with E-state index in [-0.39, 0.29) is 0 Å². The number of nitrogen functional groups attached to an aromatic ring is 1. The van der Waals surface area contributed by atoms with Gasteiger partial charge in [-0.05, 0) is 31.0 Å². The minimum atomic E-state index is 0.302. The Bertz CT molecular complexity index is 465. The monoisotopic (exact) mass is 275 g/mol. The van der Waals surface area contributed by atoms with E-state index in [9.17, 15) is 4.79 Å². The number of rotatable bonds is 4. The highest BCUT2D eigenvalue weighted by Gasteiger charge is 2.21. The Balaban J connectivity index is 1.94. The second-order valence-corrected chi connectivity index (χ2v) is 5.52. The first-order chi connectivity index (χ1) is 9.61. The number of piperazine rings is 1. The third-order valence-corrected chi connectivity index (χ3v) is 3.95. The van der Waals surface area contributed by atoms with Crippen molar-refractivity contribution < 1.29 is 4.79 Å². The lowest BCUT2D eigenvalue weighted by molar-refractivity contribution is -0.131. The summed E-state index contributed by atoms with van der Waals surface area (Å²) in [6, 6.07) is 6.02. The van der Waals surface area contributed by atoms with Gasteiger partial charge in [-0.2, -0.15) is 0 Å². The molecule has 1 aliphatic rings. The number of carbonyl (C=O) groups is 1. The summed E-state index contributed by atoms with van der Waals surface area (Å²) < 4.78 is 0. The Morgan fingerprint density at radius 1 is 1.25 bits per heavy atom. The fraction of sp³-hybridized carbons (Fsp3) is 0.562. The van der Waals surface area contributed by atoms with E-state index in [0.29, 0.717) is 12.3 Å². The number of hydrogen-bond acceptors (Lipinski definition) is 3. The summed E-state index contributed by atoms with van der Waals surface area (Å²) in [7, 11) is 0. The molecule has 0 unspecified atom stereocenters. The molecule has 0 radical (unpaired) electrons. The summed E-state index contributed by atoms with van der Waals surface area (Å²) in [5.41, 5.74) is 9.11. The van der Waals surface area contributed by atoms with Crippen molar-refractivity contribution in [3.8, 4) is 0 Å². The van der Waals surface area contributed by atoms with Crippen LogP contribution in [0.4, 0.5) is 11.4 Å². The van der Waals surface area contributed by atoms with Crippen molar-refractivity contribution in [2.75, 3.05) is 36.8 Å². The third kappa shape index (κ3) is 3.44. The maximum absolute atomic E-state index is 12.0. The molecule has 1 saturated heterocycles. The highest BCUT2D eigenvalue weighted by atomic mass is 16.2. The molecule has 1 amide bonds. The first kappa shape index (κ1) is 14.7. The van der Waals surface area contributed by atoms with Crippen molar-refractivity contribution in [3.63, 3.8) is 0 Å². The van der Waals surface area contributed by atoms with Gasteiger partial charge in [0.25, 0.3) is 0 Å². The largest absolute Gasteiger partial charge is 0.399 e. The zero-order valence-corrected chi connectivity index (χ0v) is 12.6. The minimum Gasteiger partial charge on any atom is -0.399 e. The Hall–Kier alpha value is -1.71. The van der Waals surface area contributed by atoms with E-state index in [0.717, 1.165) is 44.7 Å². The van der Waals surface area contributed by atoms with Crippen LogP contribution in [0.25, 0.3) is 0 Å². The van der Waals surface area contributed by atoms with Crippen LogP contribution in [0.3, 0.4) is 0 Å². The van der Waals surface area contributed by atoms with Gasteiger partial charge in [0.05, 0.1) is 0 Å². The number of aryl methyl sites for hydroxylation is 1. The van der Waals surface area contributed by atoms with Crippen LogP contribution >= 0.6 is 0 Å². The van der Waals surface area contributed by atoms with E-state index in [1.54, 1.807) is 0 Å². The minimum absolute atomic E-state index is 0.302. The quantitative estimate of drug-likeness (QED) is 0.859. The van der Waals surface area contributed by atoms with Gasteiger partial charge in [0, 0.05) is 44.0 Å². The van der Waals surface area contributed by atoms with Gasteiger partial charge in [0.15, 0.2) is 0 Å². The van der Waals surface area contributed by atoms with Crippen molar-refractivity contribution in [2.45, 2.75) is 33.1 Å². The molecular formula is C16H25N3O. The molecule has 0 spiro atoms. The van der Waals surface area contributed by atoms with Crippen LogP contribution in [0.2, 0.25) is 0 Å². The number of anilines is 2. The fourth-order valence-electron chi connectivity index (χ4n) is 2.65. The Morgan fingerprint density at radius 3 is 2.60 bits per heavy atom. The van der Waals surface area contributed by atoms with Crippen molar-refractivity contribution in [2.24, 2.45) is 0 Å². The number of amides is 1. The van der Waals surface area contributed by atoms with Gasteiger partial charge in [-0.1, -0.05) is 19.4 Å². The van der Waals surface area contributed by atoms with Crippen LogP contribution in [-0.4, -0.2) is 37.0 Å². The maximum atomic E-state index is 12.0. The fourth-order valence-corrected chi connectivity index (χ4v) is 2.65. The number of nitrogens with two attached hydrogens (primary N) is 1. The van der Waals surface area contributed by atoms with Crippen LogP contribution in [0.15, 0.2) is 18.2 Å². The molecule has 0 aliphatic carbocycles. The Labute approximate surface area is 121 Å². The number of nitrogens with zero attached hydrogens (tertiary/aromatic N) is 2. The number of carbonyl (C=O) groups excluding carboxylic acids is 1. The summed E-state index contributed by atoms with van der Waals surface area (Å²) in [5, 5.41) is 0. The first-order valence-corrected chi connectivity index (χ1v) is 7.50. The summed E-state index contributed by atoms with van der Waals surface area (Å²) in [6.45, 7) is 7.64. The van der Waals surface area contributed by atoms with Crippen molar-refractivity contribution in [1.82, 2.24) is 4.90 Å². The molecule has 0 aromatic heterocycles. The van der Waals surface area contributed by atoms with Crippen LogP contribution in [0.5, 0.6) is 0 Å². The predicted molar refractivity (Wildman–Crippen MR) is 83.9 cm³/mol. The highest BCUT2D eigenvalue weighted by Crippen LogP contribution is 2.24. The Morgan fingerprint density at radius 2 is 1.95 bits per heavy atom. The van der Waals surface area contributed by atoms with Crippen molar-refractivity contribution >= 4 is 17.3 Å². The Kier molecular flexibility index (Phi) is 4.88. The number of hydrogen-bond donors (Lipinski definition) is 1. The van der Waals surface area contributed by atoms with Crippen molar-refractivity contribution in [3.05, 3.63) is 23.8 Å².